The number of hydrogen-bond donors (Lipinski definition) is 0. The molecule has 1 aliphatic heterocycles. The maximum Gasteiger partial charge on any atom is 0.338 e. The molecule has 0 radical (unpaired) electrons. The van der Waals surface area contributed by atoms with Crippen LogP contribution in [0.25, 0.3) is 5.69 Å². The van der Waals surface area contributed by atoms with Gasteiger partial charge in [0.25, 0.3) is 5.91 Å². The molecule has 160 valence electrons. The van der Waals surface area contributed by atoms with Gasteiger partial charge in [-0.05, 0) is 41.1 Å². The Balaban J connectivity index is 1.30. The Morgan fingerprint density at radius 3 is 2.52 bits per heavy atom. The molecule has 1 fully saturated rings. The van der Waals surface area contributed by atoms with Gasteiger partial charge in [-0.25, -0.2) is 9.48 Å². The molecule has 1 aromatic heterocycles. The first-order valence-corrected chi connectivity index (χ1v) is 10.2. The first-order chi connectivity index (χ1) is 15.1. The lowest BCUT2D eigenvalue weighted by Gasteiger charge is -2.35. The van der Waals surface area contributed by atoms with Crippen LogP contribution < -0.4 is 0 Å². The highest BCUT2D eigenvalue weighted by molar-refractivity contribution is 5.92. The van der Waals surface area contributed by atoms with Crippen molar-refractivity contribution in [3.63, 3.8) is 0 Å². The Kier molecular flexibility index (Phi) is 6.32. The molecular formula is C22H24N6O3. The fourth-order valence-corrected chi connectivity index (χ4v) is 3.56. The molecule has 2 aromatic carbocycles. The number of ether oxygens (including phenoxy) is 1. The molecule has 9 heteroatoms. The van der Waals surface area contributed by atoms with Crippen molar-refractivity contribution in [1.82, 2.24) is 30.0 Å². The van der Waals surface area contributed by atoms with Gasteiger partial charge in [-0.2, -0.15) is 0 Å². The van der Waals surface area contributed by atoms with Crippen molar-refractivity contribution in [3.8, 4) is 5.69 Å². The number of hydrogen-bond acceptors (Lipinski definition) is 7. The Bertz CT molecular complexity index is 1020. The second kappa shape index (κ2) is 9.48. The summed E-state index contributed by atoms with van der Waals surface area (Å²) < 4.78 is 6.89. The van der Waals surface area contributed by atoms with Crippen LogP contribution in [-0.4, -0.2) is 74.2 Å². The van der Waals surface area contributed by atoms with Gasteiger partial charge in [0.15, 0.2) is 6.10 Å². The molecule has 1 aliphatic rings. The number of aromatic nitrogens is 4. The van der Waals surface area contributed by atoms with E-state index in [1.807, 2.05) is 18.2 Å². The molecule has 0 N–H and O–H groups in total. The summed E-state index contributed by atoms with van der Waals surface area (Å²) in [6, 6.07) is 17.0. The van der Waals surface area contributed by atoms with Crippen molar-refractivity contribution in [1.29, 1.82) is 0 Å². The number of amides is 1. The number of piperazine rings is 1. The molecule has 2 heterocycles. The smallest absolute Gasteiger partial charge is 0.338 e. The third-order valence-electron chi connectivity index (χ3n) is 5.26. The zero-order chi connectivity index (χ0) is 21.6. The predicted octanol–water partition coefficient (Wildman–Crippen LogP) is 1.55. The molecule has 9 nitrogen and oxygen atoms in total. The Labute approximate surface area is 180 Å². The second-order valence-electron chi connectivity index (χ2n) is 7.44. The first-order valence-electron chi connectivity index (χ1n) is 10.2. The number of rotatable bonds is 6. The van der Waals surface area contributed by atoms with Gasteiger partial charge < -0.3 is 9.64 Å². The average Bonchev–Trinajstić information content (AvgIpc) is 3.35. The zero-order valence-corrected chi connectivity index (χ0v) is 17.3. The molecule has 4 rings (SSSR count). The summed E-state index contributed by atoms with van der Waals surface area (Å²) in [6.07, 6.45) is 0.582. The van der Waals surface area contributed by atoms with Crippen LogP contribution in [0.3, 0.4) is 0 Å². The minimum Gasteiger partial charge on any atom is -0.449 e. The summed E-state index contributed by atoms with van der Waals surface area (Å²) in [5.41, 5.74) is 2.22. The normalized spacial score (nSPS) is 15.5. The molecule has 1 atom stereocenters. The van der Waals surface area contributed by atoms with Gasteiger partial charge in [-0.3, -0.25) is 9.69 Å². The number of tetrazole rings is 1. The molecule has 1 saturated heterocycles. The standard InChI is InChI=1S/C22H24N6O3/c1-17(31-22(30)19-8-5-9-20(14-19)28-16-23-24-25-28)21(29)27-12-10-26(11-13-27)15-18-6-3-2-4-7-18/h2-9,14,16-17H,10-13,15H2,1H3. The lowest BCUT2D eigenvalue weighted by Crippen LogP contribution is -2.51. The molecule has 31 heavy (non-hydrogen) atoms. The van der Waals surface area contributed by atoms with E-state index in [1.54, 1.807) is 36.1 Å². The number of nitrogens with zero attached hydrogens (tertiary/aromatic N) is 6. The van der Waals surface area contributed by atoms with Crippen LogP contribution in [0.2, 0.25) is 0 Å². The summed E-state index contributed by atoms with van der Waals surface area (Å²) in [5, 5.41) is 11.0. The van der Waals surface area contributed by atoms with Crippen LogP contribution in [0.5, 0.6) is 0 Å². The largest absolute Gasteiger partial charge is 0.449 e. The maximum absolute atomic E-state index is 12.8. The lowest BCUT2D eigenvalue weighted by molar-refractivity contribution is -0.141. The highest BCUT2D eigenvalue weighted by Gasteiger charge is 2.27. The lowest BCUT2D eigenvalue weighted by atomic mass is 10.2. The van der Waals surface area contributed by atoms with Gasteiger partial charge in [0.2, 0.25) is 0 Å². The molecule has 3 aromatic rings. The fourth-order valence-electron chi connectivity index (χ4n) is 3.56. The third kappa shape index (κ3) is 5.13. The van der Waals surface area contributed by atoms with Gasteiger partial charge >= 0.3 is 5.97 Å². The van der Waals surface area contributed by atoms with Crippen molar-refractivity contribution >= 4 is 11.9 Å². The van der Waals surface area contributed by atoms with Crippen molar-refractivity contribution < 1.29 is 14.3 Å². The van der Waals surface area contributed by atoms with E-state index in [9.17, 15) is 9.59 Å². The predicted molar refractivity (Wildman–Crippen MR) is 112 cm³/mol. The van der Waals surface area contributed by atoms with Crippen LogP contribution in [-0.2, 0) is 16.1 Å². The summed E-state index contributed by atoms with van der Waals surface area (Å²) in [6.45, 7) is 5.28. The third-order valence-corrected chi connectivity index (χ3v) is 5.26. The number of benzene rings is 2. The van der Waals surface area contributed by atoms with Gasteiger partial charge in [0, 0.05) is 32.7 Å². The van der Waals surface area contributed by atoms with Crippen molar-refractivity contribution in [2.75, 3.05) is 26.2 Å². The summed E-state index contributed by atoms with van der Waals surface area (Å²) in [5.74, 6) is -0.733. The summed E-state index contributed by atoms with van der Waals surface area (Å²) in [7, 11) is 0. The van der Waals surface area contributed by atoms with Gasteiger partial charge in [0.1, 0.15) is 6.33 Å². The van der Waals surface area contributed by atoms with E-state index in [4.69, 9.17) is 4.74 Å². The molecule has 0 spiro atoms. The van der Waals surface area contributed by atoms with E-state index in [-0.39, 0.29) is 5.91 Å². The van der Waals surface area contributed by atoms with Crippen LogP contribution >= 0.6 is 0 Å². The highest BCUT2D eigenvalue weighted by Crippen LogP contribution is 2.13. The van der Waals surface area contributed by atoms with E-state index < -0.39 is 12.1 Å². The molecule has 0 aliphatic carbocycles. The van der Waals surface area contributed by atoms with Crippen LogP contribution in [0.15, 0.2) is 60.9 Å². The molecule has 1 unspecified atom stereocenters. The summed E-state index contributed by atoms with van der Waals surface area (Å²) >= 11 is 0. The monoisotopic (exact) mass is 420 g/mol. The minimum atomic E-state index is -0.857. The molecule has 0 bridgehead atoms. The van der Waals surface area contributed by atoms with E-state index >= 15 is 0 Å². The number of esters is 1. The SMILES string of the molecule is CC(OC(=O)c1cccc(-n2cnnn2)c1)C(=O)N1CCN(Cc2ccccc2)CC1. The second-order valence-corrected chi connectivity index (χ2v) is 7.44. The van der Waals surface area contributed by atoms with Crippen molar-refractivity contribution in [3.05, 3.63) is 72.1 Å². The first kappa shape index (κ1) is 20.7. The molecular weight excluding hydrogens is 396 g/mol. The van der Waals surface area contributed by atoms with E-state index in [0.29, 0.717) is 24.3 Å². The average molecular weight is 420 g/mol. The zero-order valence-electron chi connectivity index (χ0n) is 17.3. The van der Waals surface area contributed by atoms with Crippen LogP contribution in [0, 0.1) is 0 Å². The quantitative estimate of drug-likeness (QED) is 0.559. The minimum absolute atomic E-state index is 0.177. The van der Waals surface area contributed by atoms with Crippen LogP contribution in [0.4, 0.5) is 0 Å². The number of carbonyl (C=O) groups excluding carboxylic acids is 2. The van der Waals surface area contributed by atoms with Gasteiger partial charge in [0.05, 0.1) is 11.3 Å². The van der Waals surface area contributed by atoms with Gasteiger partial charge in [-0.15, -0.1) is 5.10 Å². The Hall–Kier alpha value is -3.59. The topological polar surface area (TPSA) is 93.4 Å². The maximum atomic E-state index is 12.8. The van der Waals surface area contributed by atoms with Crippen molar-refractivity contribution in [2.45, 2.75) is 19.6 Å². The van der Waals surface area contributed by atoms with Crippen LogP contribution in [0.1, 0.15) is 22.8 Å². The van der Waals surface area contributed by atoms with Crippen molar-refractivity contribution in [2.24, 2.45) is 0 Å². The number of carbonyl (C=O) groups is 2. The Morgan fingerprint density at radius 1 is 1.03 bits per heavy atom. The van der Waals surface area contributed by atoms with E-state index in [2.05, 4.69) is 32.6 Å². The highest BCUT2D eigenvalue weighted by atomic mass is 16.5. The van der Waals surface area contributed by atoms with E-state index in [1.165, 1.54) is 16.6 Å². The summed E-state index contributed by atoms with van der Waals surface area (Å²) in [4.78, 5) is 29.4. The van der Waals surface area contributed by atoms with E-state index in [0.717, 1.165) is 19.6 Å². The Morgan fingerprint density at radius 2 is 1.81 bits per heavy atom. The fraction of sp³-hybridized carbons (Fsp3) is 0.318. The molecule has 0 saturated carbocycles. The molecule has 1 amide bonds. The van der Waals surface area contributed by atoms with Gasteiger partial charge in [-0.1, -0.05) is 36.4 Å².